The van der Waals surface area contributed by atoms with Crippen molar-refractivity contribution in [2.45, 2.75) is 13.5 Å². The lowest BCUT2D eigenvalue weighted by Gasteiger charge is -2.09. The Bertz CT molecular complexity index is 647. The molecule has 2 aromatic rings. The van der Waals surface area contributed by atoms with Crippen LogP contribution in [-0.2, 0) is 6.61 Å². The van der Waals surface area contributed by atoms with Crippen LogP contribution in [0.15, 0.2) is 36.4 Å². The first-order valence-corrected chi connectivity index (χ1v) is 5.77. The van der Waals surface area contributed by atoms with Gasteiger partial charge in [-0.05, 0) is 48.4 Å². The number of ether oxygens (including phenoxy) is 1. The molecule has 4 heteroatoms. The molecule has 96 valence electrons. The Morgan fingerprint density at radius 2 is 2.05 bits per heavy atom. The average molecular weight is 256 g/mol. The van der Waals surface area contributed by atoms with Gasteiger partial charge in [0.05, 0.1) is 17.3 Å². The fourth-order valence-electron chi connectivity index (χ4n) is 1.76. The van der Waals surface area contributed by atoms with Crippen molar-refractivity contribution >= 4 is 5.69 Å². The van der Waals surface area contributed by atoms with Gasteiger partial charge in [0.2, 0.25) is 0 Å². The molecule has 2 rings (SSSR count). The van der Waals surface area contributed by atoms with Gasteiger partial charge in [-0.15, -0.1) is 0 Å². The van der Waals surface area contributed by atoms with Gasteiger partial charge in [0, 0.05) is 0 Å². The minimum absolute atomic E-state index is 0.166. The zero-order valence-electron chi connectivity index (χ0n) is 10.5. The van der Waals surface area contributed by atoms with Crippen LogP contribution in [0.3, 0.4) is 0 Å². The van der Waals surface area contributed by atoms with E-state index in [0.29, 0.717) is 17.0 Å². The minimum Gasteiger partial charge on any atom is -0.487 e. The summed E-state index contributed by atoms with van der Waals surface area (Å²) in [5, 5.41) is 8.77. The molecule has 0 radical (unpaired) electrons. The number of nitrogen functional groups attached to an aromatic ring is 1. The molecule has 2 N–H and O–H groups in total. The maximum Gasteiger partial charge on any atom is 0.142 e. The lowest BCUT2D eigenvalue weighted by Crippen LogP contribution is -2.00. The molecule has 0 atom stereocenters. The summed E-state index contributed by atoms with van der Waals surface area (Å²) in [4.78, 5) is 0. The molecule has 0 bridgehead atoms. The Morgan fingerprint density at radius 1 is 1.26 bits per heavy atom. The predicted octanol–water partition coefficient (Wildman–Crippen LogP) is 3.17. The lowest BCUT2D eigenvalue weighted by atomic mass is 10.1. The molecule has 0 unspecified atom stereocenters. The normalized spacial score (nSPS) is 9.95. The number of hydrogen-bond donors (Lipinski definition) is 1. The van der Waals surface area contributed by atoms with Crippen molar-refractivity contribution in [2.75, 3.05) is 5.73 Å². The van der Waals surface area contributed by atoms with Crippen molar-refractivity contribution in [3.8, 4) is 11.8 Å². The second-order valence-corrected chi connectivity index (χ2v) is 4.29. The quantitative estimate of drug-likeness (QED) is 0.858. The summed E-state index contributed by atoms with van der Waals surface area (Å²) in [6.07, 6.45) is 0. The summed E-state index contributed by atoms with van der Waals surface area (Å²) >= 11 is 0. The molecule has 0 aliphatic rings. The minimum atomic E-state index is -0.450. The van der Waals surface area contributed by atoms with Gasteiger partial charge in [0.25, 0.3) is 0 Å². The van der Waals surface area contributed by atoms with E-state index >= 15 is 0 Å². The SMILES string of the molecule is Cc1ccc(OCc2cc(F)cc(C#N)c2)c(N)c1. The summed E-state index contributed by atoms with van der Waals surface area (Å²) in [6.45, 7) is 2.10. The number of nitrogens with zero attached hydrogens (tertiary/aromatic N) is 1. The van der Waals surface area contributed by atoms with E-state index in [2.05, 4.69) is 0 Å². The Kier molecular flexibility index (Phi) is 3.67. The number of benzene rings is 2. The van der Waals surface area contributed by atoms with E-state index < -0.39 is 5.82 Å². The maximum atomic E-state index is 13.2. The predicted molar refractivity (Wildman–Crippen MR) is 71.0 cm³/mol. The summed E-state index contributed by atoms with van der Waals surface area (Å²) in [7, 11) is 0. The number of nitrogens with two attached hydrogens (primary N) is 1. The Hall–Kier alpha value is -2.54. The van der Waals surface area contributed by atoms with Crippen molar-refractivity contribution in [1.29, 1.82) is 5.26 Å². The third kappa shape index (κ3) is 3.23. The number of aryl methyl sites for hydroxylation is 1. The van der Waals surface area contributed by atoms with Crippen LogP contribution >= 0.6 is 0 Å². The van der Waals surface area contributed by atoms with Gasteiger partial charge in [0.1, 0.15) is 18.2 Å². The van der Waals surface area contributed by atoms with E-state index in [0.717, 1.165) is 5.56 Å². The molecule has 0 aromatic heterocycles. The van der Waals surface area contributed by atoms with Crippen molar-refractivity contribution in [2.24, 2.45) is 0 Å². The fraction of sp³-hybridized carbons (Fsp3) is 0.133. The summed E-state index contributed by atoms with van der Waals surface area (Å²) in [6, 6.07) is 11.5. The average Bonchev–Trinajstić information content (AvgIpc) is 2.37. The third-order valence-electron chi connectivity index (χ3n) is 2.65. The van der Waals surface area contributed by atoms with Crippen LogP contribution in [0.5, 0.6) is 5.75 Å². The molecular weight excluding hydrogens is 243 g/mol. The largest absolute Gasteiger partial charge is 0.487 e. The number of halogens is 1. The van der Waals surface area contributed by atoms with Crippen molar-refractivity contribution < 1.29 is 9.13 Å². The number of nitriles is 1. The fourth-order valence-corrected chi connectivity index (χ4v) is 1.76. The van der Waals surface area contributed by atoms with Crippen LogP contribution in [-0.4, -0.2) is 0 Å². The summed E-state index contributed by atoms with van der Waals surface area (Å²) < 4.78 is 18.8. The zero-order valence-corrected chi connectivity index (χ0v) is 10.5. The van der Waals surface area contributed by atoms with Gasteiger partial charge in [-0.2, -0.15) is 5.26 Å². The topological polar surface area (TPSA) is 59.0 Å². The second-order valence-electron chi connectivity index (χ2n) is 4.29. The van der Waals surface area contributed by atoms with Crippen LogP contribution in [0.2, 0.25) is 0 Å². The summed E-state index contributed by atoms with van der Waals surface area (Å²) in [5.74, 6) is 0.0999. The van der Waals surface area contributed by atoms with E-state index in [4.69, 9.17) is 15.7 Å². The van der Waals surface area contributed by atoms with E-state index in [1.165, 1.54) is 12.1 Å². The van der Waals surface area contributed by atoms with Gasteiger partial charge in [-0.1, -0.05) is 6.07 Å². The Morgan fingerprint density at radius 3 is 2.74 bits per heavy atom. The first-order valence-electron chi connectivity index (χ1n) is 5.77. The van der Waals surface area contributed by atoms with Crippen molar-refractivity contribution in [3.05, 3.63) is 58.9 Å². The molecule has 0 amide bonds. The van der Waals surface area contributed by atoms with Crippen LogP contribution in [0.25, 0.3) is 0 Å². The molecule has 2 aromatic carbocycles. The van der Waals surface area contributed by atoms with Crippen LogP contribution in [0.4, 0.5) is 10.1 Å². The van der Waals surface area contributed by atoms with Crippen LogP contribution < -0.4 is 10.5 Å². The van der Waals surface area contributed by atoms with E-state index in [9.17, 15) is 4.39 Å². The summed E-state index contributed by atoms with van der Waals surface area (Å²) in [5.41, 5.74) is 8.27. The van der Waals surface area contributed by atoms with Crippen molar-refractivity contribution in [1.82, 2.24) is 0 Å². The second kappa shape index (κ2) is 5.40. The van der Waals surface area contributed by atoms with E-state index in [-0.39, 0.29) is 12.2 Å². The van der Waals surface area contributed by atoms with Gasteiger partial charge in [-0.25, -0.2) is 4.39 Å². The monoisotopic (exact) mass is 256 g/mol. The van der Waals surface area contributed by atoms with Gasteiger partial charge in [0.15, 0.2) is 0 Å². The highest BCUT2D eigenvalue weighted by atomic mass is 19.1. The number of rotatable bonds is 3. The van der Waals surface area contributed by atoms with Gasteiger partial charge >= 0.3 is 0 Å². The molecular formula is C15H13FN2O. The van der Waals surface area contributed by atoms with Crippen LogP contribution in [0, 0.1) is 24.1 Å². The smallest absolute Gasteiger partial charge is 0.142 e. The Balaban J connectivity index is 2.14. The highest BCUT2D eigenvalue weighted by Gasteiger charge is 2.04. The van der Waals surface area contributed by atoms with E-state index in [1.807, 2.05) is 25.1 Å². The molecule has 0 saturated heterocycles. The number of anilines is 1. The molecule has 0 aliphatic heterocycles. The molecule has 0 aliphatic carbocycles. The van der Waals surface area contributed by atoms with Crippen molar-refractivity contribution in [3.63, 3.8) is 0 Å². The highest BCUT2D eigenvalue weighted by molar-refractivity contribution is 5.54. The van der Waals surface area contributed by atoms with Crippen LogP contribution in [0.1, 0.15) is 16.7 Å². The zero-order chi connectivity index (χ0) is 13.8. The molecule has 0 fully saturated rings. The maximum absolute atomic E-state index is 13.2. The molecule has 0 saturated carbocycles. The molecule has 19 heavy (non-hydrogen) atoms. The highest BCUT2D eigenvalue weighted by Crippen LogP contribution is 2.23. The molecule has 0 spiro atoms. The lowest BCUT2D eigenvalue weighted by molar-refractivity contribution is 0.307. The van der Waals surface area contributed by atoms with Gasteiger partial charge < -0.3 is 10.5 Å². The molecule has 0 heterocycles. The number of hydrogen-bond acceptors (Lipinski definition) is 3. The first kappa shape index (κ1) is 12.9. The third-order valence-corrected chi connectivity index (χ3v) is 2.65. The standard InChI is InChI=1S/C15H13FN2O/c1-10-2-3-15(14(18)4-10)19-9-12-5-11(8-17)6-13(16)7-12/h2-7H,9,18H2,1H3. The first-order chi connectivity index (χ1) is 9.08. The molecule has 3 nitrogen and oxygen atoms in total. The van der Waals surface area contributed by atoms with E-state index in [1.54, 1.807) is 12.1 Å². The van der Waals surface area contributed by atoms with Gasteiger partial charge in [-0.3, -0.25) is 0 Å². The Labute approximate surface area is 111 Å².